The van der Waals surface area contributed by atoms with Crippen LogP contribution in [-0.4, -0.2) is 0 Å². The molecule has 0 radical (unpaired) electrons. The van der Waals surface area contributed by atoms with Crippen LogP contribution in [0.5, 0.6) is 0 Å². The van der Waals surface area contributed by atoms with E-state index in [1.165, 1.54) is 25.7 Å². The molecule has 104 valence electrons. The third-order valence-corrected chi connectivity index (χ3v) is 1.82. The van der Waals surface area contributed by atoms with Gasteiger partial charge in [-0.2, -0.15) is 0 Å². The van der Waals surface area contributed by atoms with Crippen molar-refractivity contribution in [2.75, 3.05) is 0 Å². The number of hydrogen-bond acceptors (Lipinski definition) is 0. The molecule has 1 aromatic rings. The highest BCUT2D eigenvalue weighted by Crippen LogP contribution is 2.07. The summed E-state index contributed by atoms with van der Waals surface area (Å²) in [6.07, 6.45) is 19.7. The normalized spacial score (nSPS) is 10.3. The summed E-state index contributed by atoms with van der Waals surface area (Å²) >= 11 is 0. The van der Waals surface area contributed by atoms with E-state index in [2.05, 4.69) is 44.7 Å². The highest BCUT2D eigenvalue weighted by atomic mass is 13.9. The van der Waals surface area contributed by atoms with Gasteiger partial charge >= 0.3 is 0 Å². The Bertz CT molecular complexity index is 245. The minimum absolute atomic E-state index is 1.32. The molecule has 1 aromatic carbocycles. The summed E-state index contributed by atoms with van der Waals surface area (Å²) in [7, 11) is 0. The van der Waals surface area contributed by atoms with Gasteiger partial charge in [-0.1, -0.05) is 54.6 Å². The van der Waals surface area contributed by atoms with Gasteiger partial charge in [0.1, 0.15) is 0 Å². The fourth-order valence-electron chi connectivity index (χ4n) is 1.14. The van der Waals surface area contributed by atoms with Gasteiger partial charge in [0.25, 0.3) is 0 Å². The minimum atomic E-state index is 1.32. The highest BCUT2D eigenvalue weighted by Gasteiger charge is 1.87. The quantitative estimate of drug-likeness (QED) is 0.391. The van der Waals surface area contributed by atoms with Crippen LogP contribution in [0.25, 0.3) is 0 Å². The second-order valence-electron chi connectivity index (χ2n) is 3.32. The average molecular weight is 256 g/mol. The maximum absolute atomic E-state index is 4.00. The van der Waals surface area contributed by atoms with Crippen molar-refractivity contribution < 1.29 is 0 Å². The Hall–Kier alpha value is -2.00. The first-order valence-electron chi connectivity index (χ1n) is 6.47. The standard InChI is InChI=1S/C6H10.C6H6.C3H6.C2H4.C2H2/c2*1-2-4-6-5-3-1;1-3-2;2*1-2/h1-2H,3-6H2;1-6H;3H,1H2,2H3;1-2H2;1-2H. The third kappa shape index (κ3) is 31.4. The monoisotopic (exact) mass is 256 g/mol. The summed E-state index contributed by atoms with van der Waals surface area (Å²) in [5, 5.41) is 0. The second-order valence-corrected chi connectivity index (χ2v) is 3.32. The van der Waals surface area contributed by atoms with Crippen molar-refractivity contribution >= 4 is 0 Å². The van der Waals surface area contributed by atoms with Crippen LogP contribution in [0, 0.1) is 12.8 Å². The molecule has 2 rings (SSSR count). The number of hydrogen-bond donors (Lipinski definition) is 0. The fraction of sp³-hybridized carbons (Fsp3) is 0.263. The van der Waals surface area contributed by atoms with Crippen molar-refractivity contribution in [3.05, 3.63) is 74.4 Å². The molecule has 0 heterocycles. The molecule has 0 atom stereocenters. The van der Waals surface area contributed by atoms with E-state index >= 15 is 0 Å². The third-order valence-electron chi connectivity index (χ3n) is 1.82. The first kappa shape index (κ1) is 22.2. The molecule has 19 heavy (non-hydrogen) atoms. The van der Waals surface area contributed by atoms with Crippen LogP contribution in [-0.2, 0) is 0 Å². The zero-order chi connectivity index (χ0) is 15.2. The topological polar surface area (TPSA) is 0 Å². The molecule has 0 saturated carbocycles. The van der Waals surface area contributed by atoms with E-state index < -0.39 is 0 Å². The van der Waals surface area contributed by atoms with Crippen molar-refractivity contribution in [2.24, 2.45) is 0 Å². The van der Waals surface area contributed by atoms with Gasteiger partial charge in [-0.25, -0.2) is 0 Å². The predicted octanol–water partition coefficient (Wildman–Crippen LogP) is 6.05. The largest absolute Gasteiger partial charge is 0.124 e. The number of benzene rings is 1. The molecule has 0 aliphatic heterocycles. The zero-order valence-corrected chi connectivity index (χ0v) is 12.3. The summed E-state index contributed by atoms with van der Waals surface area (Å²) < 4.78 is 0. The van der Waals surface area contributed by atoms with Crippen molar-refractivity contribution in [3.63, 3.8) is 0 Å². The zero-order valence-electron chi connectivity index (χ0n) is 12.3. The molecule has 0 bridgehead atoms. The summed E-state index contributed by atoms with van der Waals surface area (Å²) in [4.78, 5) is 0. The number of rotatable bonds is 0. The van der Waals surface area contributed by atoms with E-state index in [4.69, 9.17) is 0 Å². The summed E-state index contributed by atoms with van der Waals surface area (Å²) in [5.41, 5.74) is 0. The van der Waals surface area contributed by atoms with Crippen molar-refractivity contribution in [2.45, 2.75) is 32.6 Å². The van der Waals surface area contributed by atoms with Gasteiger partial charge in [0, 0.05) is 0 Å². The average Bonchev–Trinajstić information content (AvgIpc) is 2.56. The lowest BCUT2D eigenvalue weighted by Crippen LogP contribution is -1.77. The first-order chi connectivity index (χ1) is 9.41. The van der Waals surface area contributed by atoms with Crippen molar-refractivity contribution in [1.82, 2.24) is 0 Å². The summed E-state index contributed by atoms with van der Waals surface area (Å²) in [6.45, 7) is 11.2. The molecular weight excluding hydrogens is 228 g/mol. The van der Waals surface area contributed by atoms with Crippen LogP contribution in [0.15, 0.2) is 74.4 Å². The molecule has 0 N–H and O–H groups in total. The van der Waals surface area contributed by atoms with Gasteiger partial charge < -0.3 is 0 Å². The van der Waals surface area contributed by atoms with Gasteiger partial charge in [0.05, 0.1) is 0 Å². The van der Waals surface area contributed by atoms with Gasteiger partial charge in [0.2, 0.25) is 0 Å². The maximum atomic E-state index is 4.00. The Balaban J connectivity index is -0.000000187. The van der Waals surface area contributed by atoms with Crippen LogP contribution in [0.2, 0.25) is 0 Å². The lowest BCUT2D eigenvalue weighted by atomic mass is 10.1. The number of terminal acetylenes is 1. The molecule has 0 fully saturated rings. The van der Waals surface area contributed by atoms with E-state index in [1.54, 1.807) is 6.08 Å². The summed E-state index contributed by atoms with van der Waals surface area (Å²) in [5.74, 6) is 0. The summed E-state index contributed by atoms with van der Waals surface area (Å²) in [6, 6.07) is 12.0. The van der Waals surface area contributed by atoms with Gasteiger partial charge in [-0.3, -0.25) is 0 Å². The van der Waals surface area contributed by atoms with Crippen LogP contribution >= 0.6 is 0 Å². The second kappa shape index (κ2) is 29.8. The van der Waals surface area contributed by atoms with Gasteiger partial charge in [0.15, 0.2) is 0 Å². The SMILES string of the molecule is C#C.C1=CCCCC1.C=C.C=CC.c1ccccc1. The fourth-order valence-corrected chi connectivity index (χ4v) is 1.14. The van der Waals surface area contributed by atoms with E-state index in [9.17, 15) is 0 Å². The van der Waals surface area contributed by atoms with Crippen LogP contribution < -0.4 is 0 Å². The molecule has 0 aromatic heterocycles. The van der Waals surface area contributed by atoms with E-state index in [0.717, 1.165) is 0 Å². The molecule has 1 aliphatic carbocycles. The minimum Gasteiger partial charge on any atom is -0.124 e. The molecule has 0 saturated heterocycles. The van der Waals surface area contributed by atoms with Crippen LogP contribution in [0.1, 0.15) is 32.6 Å². The smallest absolute Gasteiger partial charge is 0.0351 e. The van der Waals surface area contributed by atoms with E-state index in [1.807, 2.05) is 43.3 Å². The molecule has 0 amide bonds. The Kier molecular flexibility index (Phi) is 34.8. The molecule has 0 heteroatoms. The van der Waals surface area contributed by atoms with Crippen molar-refractivity contribution in [3.8, 4) is 12.8 Å². The lowest BCUT2D eigenvalue weighted by Gasteiger charge is -1.97. The van der Waals surface area contributed by atoms with Crippen LogP contribution in [0.4, 0.5) is 0 Å². The van der Waals surface area contributed by atoms with Gasteiger partial charge in [-0.15, -0.1) is 32.6 Å². The van der Waals surface area contributed by atoms with E-state index in [-0.39, 0.29) is 0 Å². The highest BCUT2D eigenvalue weighted by molar-refractivity contribution is 4.99. The molecule has 0 unspecified atom stereocenters. The maximum Gasteiger partial charge on any atom is -0.0351 e. The Morgan fingerprint density at radius 1 is 0.789 bits per heavy atom. The van der Waals surface area contributed by atoms with Gasteiger partial charge in [-0.05, 0) is 32.6 Å². The Morgan fingerprint density at radius 3 is 1.11 bits per heavy atom. The Labute approximate surface area is 120 Å². The predicted molar refractivity (Wildman–Crippen MR) is 91.1 cm³/mol. The molecule has 1 aliphatic rings. The number of allylic oxidation sites excluding steroid dienone is 3. The first-order valence-corrected chi connectivity index (χ1v) is 6.47. The lowest BCUT2D eigenvalue weighted by molar-refractivity contribution is 0.730. The van der Waals surface area contributed by atoms with Crippen LogP contribution in [0.3, 0.4) is 0 Å². The molecule has 0 spiro atoms. The Morgan fingerprint density at radius 2 is 1.00 bits per heavy atom. The van der Waals surface area contributed by atoms with Crippen molar-refractivity contribution in [1.29, 1.82) is 0 Å². The molecular formula is C19H28. The molecule has 0 nitrogen and oxygen atoms in total. The van der Waals surface area contributed by atoms with E-state index in [0.29, 0.717) is 0 Å².